The number of carbonyl (C=O) groups excluding carboxylic acids is 2. The minimum absolute atomic E-state index is 0.0777. The van der Waals surface area contributed by atoms with Crippen molar-refractivity contribution in [3.05, 3.63) is 34.6 Å². The van der Waals surface area contributed by atoms with Gasteiger partial charge in [-0.1, -0.05) is 17.7 Å². The van der Waals surface area contributed by atoms with Gasteiger partial charge in [-0.15, -0.1) is 0 Å². The first kappa shape index (κ1) is 14.8. The lowest BCUT2D eigenvalue weighted by Crippen LogP contribution is -2.37. The van der Waals surface area contributed by atoms with E-state index in [1.807, 2.05) is 0 Å². The molecule has 0 aliphatic heterocycles. The Bertz CT molecular complexity index is 511. The number of hydrogen-bond donors (Lipinski definition) is 1. The average molecular weight is 300 g/mol. The molecule has 1 aliphatic carbocycles. The van der Waals surface area contributed by atoms with Crippen LogP contribution >= 0.6 is 11.6 Å². The SMILES string of the molecule is C[C@H](OC(=O)Cc1c(F)cccc1Cl)C(=O)NC1CC1. The molecule has 0 unspecified atom stereocenters. The van der Waals surface area contributed by atoms with Crippen molar-refractivity contribution in [2.24, 2.45) is 0 Å². The van der Waals surface area contributed by atoms with Crippen LogP contribution in [-0.4, -0.2) is 24.0 Å². The van der Waals surface area contributed by atoms with Crippen molar-refractivity contribution in [3.8, 4) is 0 Å². The fraction of sp³-hybridized carbons (Fsp3) is 0.429. The number of nitrogens with one attached hydrogen (secondary N) is 1. The van der Waals surface area contributed by atoms with Crippen molar-refractivity contribution in [1.29, 1.82) is 0 Å². The molecule has 1 aromatic carbocycles. The number of esters is 1. The lowest BCUT2D eigenvalue weighted by molar-refractivity contribution is -0.154. The monoisotopic (exact) mass is 299 g/mol. The van der Waals surface area contributed by atoms with Gasteiger partial charge in [0.2, 0.25) is 0 Å². The molecule has 1 saturated carbocycles. The van der Waals surface area contributed by atoms with Crippen LogP contribution in [0.1, 0.15) is 25.3 Å². The topological polar surface area (TPSA) is 55.4 Å². The van der Waals surface area contributed by atoms with Crippen LogP contribution in [0, 0.1) is 5.82 Å². The quantitative estimate of drug-likeness (QED) is 0.848. The number of benzene rings is 1. The third-order valence-corrected chi connectivity index (χ3v) is 3.34. The molecule has 0 heterocycles. The molecule has 108 valence electrons. The van der Waals surface area contributed by atoms with E-state index < -0.39 is 17.9 Å². The predicted octanol–water partition coefficient (Wildman–Crippen LogP) is 2.23. The van der Waals surface area contributed by atoms with Gasteiger partial charge in [-0.05, 0) is 31.9 Å². The van der Waals surface area contributed by atoms with Crippen molar-refractivity contribution in [2.75, 3.05) is 0 Å². The van der Waals surface area contributed by atoms with E-state index in [1.165, 1.54) is 25.1 Å². The highest BCUT2D eigenvalue weighted by atomic mass is 35.5. The zero-order valence-electron chi connectivity index (χ0n) is 11.0. The van der Waals surface area contributed by atoms with E-state index in [4.69, 9.17) is 16.3 Å². The van der Waals surface area contributed by atoms with Crippen LogP contribution in [0.4, 0.5) is 4.39 Å². The molecule has 0 bridgehead atoms. The molecule has 20 heavy (non-hydrogen) atoms. The Labute approximate surface area is 121 Å². The summed E-state index contributed by atoms with van der Waals surface area (Å²) >= 11 is 5.82. The summed E-state index contributed by atoms with van der Waals surface area (Å²) in [7, 11) is 0. The molecule has 1 aromatic rings. The molecule has 0 radical (unpaired) electrons. The molecular weight excluding hydrogens is 285 g/mol. The summed E-state index contributed by atoms with van der Waals surface area (Å²) in [5, 5.41) is 2.89. The molecular formula is C14H15ClFNO3. The second-order valence-electron chi connectivity index (χ2n) is 4.79. The number of rotatable bonds is 5. The number of amides is 1. The Balaban J connectivity index is 1.89. The smallest absolute Gasteiger partial charge is 0.311 e. The molecule has 1 amide bonds. The largest absolute Gasteiger partial charge is 0.452 e. The number of halogens is 2. The maximum atomic E-state index is 13.5. The Morgan fingerprint density at radius 1 is 1.50 bits per heavy atom. The Morgan fingerprint density at radius 2 is 2.20 bits per heavy atom. The van der Waals surface area contributed by atoms with Crippen LogP contribution in [0.15, 0.2) is 18.2 Å². The van der Waals surface area contributed by atoms with Crippen LogP contribution in [0.2, 0.25) is 5.02 Å². The Kier molecular flexibility index (Phi) is 4.60. The summed E-state index contributed by atoms with van der Waals surface area (Å²) in [6, 6.07) is 4.37. The first-order valence-corrected chi connectivity index (χ1v) is 6.78. The molecule has 0 saturated heterocycles. The molecule has 2 rings (SSSR count). The maximum Gasteiger partial charge on any atom is 0.311 e. The van der Waals surface area contributed by atoms with Gasteiger partial charge >= 0.3 is 5.97 Å². The van der Waals surface area contributed by atoms with E-state index in [0.29, 0.717) is 0 Å². The van der Waals surface area contributed by atoms with E-state index in [-0.39, 0.29) is 29.0 Å². The number of carbonyl (C=O) groups is 2. The van der Waals surface area contributed by atoms with E-state index in [2.05, 4.69) is 5.32 Å². The number of ether oxygens (including phenoxy) is 1. The summed E-state index contributed by atoms with van der Waals surface area (Å²) in [5.74, 6) is -1.58. The molecule has 1 atom stereocenters. The summed E-state index contributed by atoms with van der Waals surface area (Å²) in [6.07, 6.45) is 0.717. The first-order chi connectivity index (χ1) is 9.47. The number of hydrogen-bond acceptors (Lipinski definition) is 3. The Morgan fingerprint density at radius 3 is 2.80 bits per heavy atom. The van der Waals surface area contributed by atoms with Crippen LogP contribution in [0.3, 0.4) is 0 Å². The standard InChI is InChI=1S/C14H15ClFNO3/c1-8(14(19)17-9-5-6-9)20-13(18)7-10-11(15)3-2-4-12(10)16/h2-4,8-9H,5-7H2,1H3,(H,17,19)/t8-/m0/s1. The zero-order valence-corrected chi connectivity index (χ0v) is 11.7. The zero-order chi connectivity index (χ0) is 14.7. The molecule has 1 fully saturated rings. The first-order valence-electron chi connectivity index (χ1n) is 6.40. The predicted molar refractivity (Wildman–Crippen MR) is 71.8 cm³/mol. The second kappa shape index (κ2) is 6.22. The van der Waals surface area contributed by atoms with Crippen LogP contribution in [-0.2, 0) is 20.7 Å². The lowest BCUT2D eigenvalue weighted by Gasteiger charge is -2.13. The fourth-order valence-corrected chi connectivity index (χ4v) is 1.91. The van der Waals surface area contributed by atoms with E-state index in [9.17, 15) is 14.0 Å². The van der Waals surface area contributed by atoms with Gasteiger partial charge in [0.25, 0.3) is 5.91 Å². The van der Waals surface area contributed by atoms with Crippen molar-refractivity contribution in [1.82, 2.24) is 5.32 Å². The molecule has 0 spiro atoms. The van der Waals surface area contributed by atoms with Gasteiger partial charge in [-0.25, -0.2) is 4.39 Å². The van der Waals surface area contributed by atoms with Gasteiger partial charge < -0.3 is 10.1 Å². The van der Waals surface area contributed by atoms with Crippen LogP contribution in [0.5, 0.6) is 0 Å². The molecule has 6 heteroatoms. The summed E-state index contributed by atoms with van der Waals surface area (Å²) in [6.45, 7) is 1.48. The average Bonchev–Trinajstić information content (AvgIpc) is 3.18. The molecule has 4 nitrogen and oxygen atoms in total. The summed E-state index contributed by atoms with van der Waals surface area (Å²) in [5.41, 5.74) is 0.0777. The highest BCUT2D eigenvalue weighted by Gasteiger charge is 2.27. The van der Waals surface area contributed by atoms with Gasteiger partial charge in [0.15, 0.2) is 6.10 Å². The van der Waals surface area contributed by atoms with Crippen LogP contribution < -0.4 is 5.32 Å². The molecule has 0 aromatic heterocycles. The minimum atomic E-state index is -0.895. The van der Waals surface area contributed by atoms with Crippen molar-refractivity contribution >= 4 is 23.5 Å². The Hall–Kier alpha value is -1.62. The van der Waals surface area contributed by atoms with Gasteiger partial charge in [0.05, 0.1) is 6.42 Å². The second-order valence-corrected chi connectivity index (χ2v) is 5.20. The van der Waals surface area contributed by atoms with Crippen LogP contribution in [0.25, 0.3) is 0 Å². The highest BCUT2D eigenvalue weighted by Crippen LogP contribution is 2.20. The van der Waals surface area contributed by atoms with E-state index in [0.717, 1.165) is 12.8 Å². The van der Waals surface area contributed by atoms with Gasteiger partial charge in [-0.3, -0.25) is 9.59 Å². The summed E-state index contributed by atoms with van der Waals surface area (Å²) in [4.78, 5) is 23.3. The van der Waals surface area contributed by atoms with E-state index >= 15 is 0 Å². The van der Waals surface area contributed by atoms with Crippen molar-refractivity contribution < 1.29 is 18.7 Å². The van der Waals surface area contributed by atoms with Gasteiger partial charge in [0.1, 0.15) is 5.82 Å². The van der Waals surface area contributed by atoms with Gasteiger partial charge in [-0.2, -0.15) is 0 Å². The van der Waals surface area contributed by atoms with Crippen molar-refractivity contribution in [2.45, 2.75) is 38.3 Å². The summed E-state index contributed by atoms with van der Waals surface area (Å²) < 4.78 is 18.5. The normalized spacial score (nSPS) is 15.6. The molecule has 1 aliphatic rings. The lowest BCUT2D eigenvalue weighted by atomic mass is 10.1. The van der Waals surface area contributed by atoms with Crippen molar-refractivity contribution in [3.63, 3.8) is 0 Å². The third-order valence-electron chi connectivity index (χ3n) is 2.98. The maximum absolute atomic E-state index is 13.5. The van der Waals surface area contributed by atoms with Gasteiger partial charge in [0, 0.05) is 16.6 Å². The molecule has 1 N–H and O–H groups in total. The third kappa shape index (κ3) is 3.93. The highest BCUT2D eigenvalue weighted by molar-refractivity contribution is 6.31. The fourth-order valence-electron chi connectivity index (χ4n) is 1.68. The minimum Gasteiger partial charge on any atom is -0.452 e. The van der Waals surface area contributed by atoms with E-state index in [1.54, 1.807) is 0 Å².